The molecule has 1 aromatic heterocycles. The van der Waals surface area contributed by atoms with Crippen LogP contribution in [0.2, 0.25) is 5.02 Å². The van der Waals surface area contributed by atoms with Gasteiger partial charge in [-0.3, -0.25) is 10.1 Å². The summed E-state index contributed by atoms with van der Waals surface area (Å²) in [5.74, 6) is -0.707. The summed E-state index contributed by atoms with van der Waals surface area (Å²) >= 11 is 12.2. The van der Waals surface area contributed by atoms with Crippen molar-refractivity contribution >= 4 is 61.5 Å². The zero-order chi connectivity index (χ0) is 16.4. The Bertz CT molecular complexity index is 913. The average molecular weight is 366 g/mol. The van der Waals surface area contributed by atoms with Gasteiger partial charge in [-0.2, -0.15) is 0 Å². The summed E-state index contributed by atoms with van der Waals surface area (Å²) in [6.07, 6.45) is 0. The number of carbonyl (C=O) groups is 1. The molecule has 3 aromatic rings. The topological polar surface area (TPSA) is 54.0 Å². The molecular formula is C15H9ClFN3OS2. The lowest BCUT2D eigenvalue weighted by Crippen LogP contribution is -2.34. The first-order chi connectivity index (χ1) is 11.0. The molecule has 8 heteroatoms. The molecule has 0 aliphatic carbocycles. The molecule has 0 atom stereocenters. The summed E-state index contributed by atoms with van der Waals surface area (Å²) in [5.41, 5.74) is 1.05. The Morgan fingerprint density at radius 3 is 2.87 bits per heavy atom. The number of carbonyl (C=O) groups excluding carboxylic acids is 1. The Kier molecular flexibility index (Phi) is 4.51. The van der Waals surface area contributed by atoms with Crippen LogP contribution in [0.1, 0.15) is 10.4 Å². The maximum atomic E-state index is 13.2. The van der Waals surface area contributed by atoms with Gasteiger partial charge in [-0.25, -0.2) is 9.37 Å². The summed E-state index contributed by atoms with van der Waals surface area (Å²) in [6.45, 7) is 0. The number of amides is 1. The number of thiocarbonyl (C=S) groups is 1. The van der Waals surface area contributed by atoms with Crippen molar-refractivity contribution in [3.05, 3.63) is 58.9 Å². The number of aromatic nitrogens is 1. The zero-order valence-electron chi connectivity index (χ0n) is 11.5. The van der Waals surface area contributed by atoms with E-state index in [1.165, 1.54) is 23.5 Å². The van der Waals surface area contributed by atoms with Gasteiger partial charge < -0.3 is 5.32 Å². The lowest BCUT2D eigenvalue weighted by molar-refractivity contribution is 0.0977. The van der Waals surface area contributed by atoms with Crippen LogP contribution in [0, 0.1) is 5.82 Å². The number of rotatable bonds is 2. The highest BCUT2D eigenvalue weighted by Gasteiger charge is 2.10. The normalized spacial score (nSPS) is 10.5. The summed E-state index contributed by atoms with van der Waals surface area (Å²) in [6, 6.07) is 10.8. The number of thiazole rings is 1. The minimum Gasteiger partial charge on any atom is -0.308 e. The fourth-order valence-electron chi connectivity index (χ4n) is 1.89. The smallest absolute Gasteiger partial charge is 0.257 e. The third kappa shape index (κ3) is 3.82. The van der Waals surface area contributed by atoms with Crippen LogP contribution in [-0.2, 0) is 0 Å². The number of hydrogen-bond acceptors (Lipinski definition) is 4. The van der Waals surface area contributed by atoms with E-state index in [0.29, 0.717) is 25.9 Å². The van der Waals surface area contributed by atoms with Gasteiger partial charge in [0.2, 0.25) is 0 Å². The van der Waals surface area contributed by atoms with Gasteiger partial charge in [0, 0.05) is 10.6 Å². The van der Waals surface area contributed by atoms with E-state index in [-0.39, 0.29) is 16.8 Å². The molecule has 0 bridgehead atoms. The van der Waals surface area contributed by atoms with Crippen LogP contribution >= 0.6 is 35.2 Å². The number of hydrogen-bond donors (Lipinski definition) is 2. The van der Waals surface area contributed by atoms with Gasteiger partial charge in [0.25, 0.3) is 5.91 Å². The number of anilines is 1. The van der Waals surface area contributed by atoms with Crippen LogP contribution in [0.4, 0.5) is 9.52 Å². The predicted octanol–water partition coefficient (Wildman–Crippen LogP) is 4.22. The molecule has 0 unspecified atom stereocenters. The Morgan fingerprint density at radius 1 is 1.26 bits per heavy atom. The SMILES string of the molecule is O=C(NC(=S)Nc1nc2ccc(F)cc2s1)c1cccc(Cl)c1. The van der Waals surface area contributed by atoms with E-state index in [4.69, 9.17) is 23.8 Å². The second kappa shape index (κ2) is 6.57. The van der Waals surface area contributed by atoms with Crippen molar-refractivity contribution in [3.8, 4) is 0 Å². The molecule has 3 rings (SSSR count). The quantitative estimate of drug-likeness (QED) is 0.668. The molecule has 0 radical (unpaired) electrons. The predicted molar refractivity (Wildman–Crippen MR) is 94.7 cm³/mol. The molecule has 116 valence electrons. The Hall–Kier alpha value is -2.09. The Labute approximate surface area is 145 Å². The molecule has 2 N–H and O–H groups in total. The van der Waals surface area contributed by atoms with Gasteiger partial charge in [-0.05, 0) is 48.6 Å². The van der Waals surface area contributed by atoms with E-state index in [2.05, 4.69) is 15.6 Å². The second-order valence-electron chi connectivity index (χ2n) is 4.55. The minimum absolute atomic E-state index is 0.106. The van der Waals surface area contributed by atoms with Gasteiger partial charge in [-0.15, -0.1) is 0 Å². The summed E-state index contributed by atoms with van der Waals surface area (Å²) in [5, 5.41) is 6.40. The molecule has 0 saturated carbocycles. The standard InChI is InChI=1S/C15H9ClFN3OS2/c16-9-3-1-2-8(6-9)13(21)19-14(22)20-15-18-11-5-4-10(17)7-12(11)23-15/h1-7H,(H2,18,19,20,21,22). The highest BCUT2D eigenvalue weighted by Crippen LogP contribution is 2.26. The molecule has 0 aliphatic rings. The molecule has 0 aliphatic heterocycles. The van der Waals surface area contributed by atoms with Crippen molar-refractivity contribution in [1.82, 2.24) is 10.3 Å². The number of halogens is 2. The van der Waals surface area contributed by atoms with Gasteiger partial charge in [-0.1, -0.05) is 29.0 Å². The molecule has 0 fully saturated rings. The molecule has 23 heavy (non-hydrogen) atoms. The largest absolute Gasteiger partial charge is 0.308 e. The highest BCUT2D eigenvalue weighted by atomic mass is 35.5. The van der Waals surface area contributed by atoms with E-state index in [1.807, 2.05) is 0 Å². The van der Waals surface area contributed by atoms with E-state index in [0.717, 1.165) is 0 Å². The van der Waals surface area contributed by atoms with E-state index in [9.17, 15) is 9.18 Å². The van der Waals surface area contributed by atoms with E-state index < -0.39 is 0 Å². The molecule has 4 nitrogen and oxygen atoms in total. The van der Waals surface area contributed by atoms with Crippen molar-refractivity contribution in [3.63, 3.8) is 0 Å². The minimum atomic E-state index is -0.378. The molecule has 1 heterocycles. The van der Waals surface area contributed by atoms with Gasteiger partial charge in [0.05, 0.1) is 10.2 Å². The first kappa shape index (κ1) is 15.8. The fraction of sp³-hybridized carbons (Fsp3) is 0. The third-order valence-electron chi connectivity index (χ3n) is 2.88. The Balaban J connectivity index is 1.69. The van der Waals surface area contributed by atoms with Gasteiger partial charge in [0.1, 0.15) is 5.82 Å². The monoisotopic (exact) mass is 365 g/mol. The van der Waals surface area contributed by atoms with Crippen LogP contribution in [-0.4, -0.2) is 16.0 Å². The van der Waals surface area contributed by atoms with Crippen molar-refractivity contribution < 1.29 is 9.18 Å². The number of fused-ring (bicyclic) bond motifs is 1. The van der Waals surface area contributed by atoms with Gasteiger partial charge >= 0.3 is 0 Å². The van der Waals surface area contributed by atoms with Crippen molar-refractivity contribution in [2.45, 2.75) is 0 Å². The fourth-order valence-corrected chi connectivity index (χ4v) is 3.22. The average Bonchev–Trinajstić information content (AvgIpc) is 2.88. The van der Waals surface area contributed by atoms with E-state index >= 15 is 0 Å². The highest BCUT2D eigenvalue weighted by molar-refractivity contribution is 7.80. The van der Waals surface area contributed by atoms with Crippen LogP contribution in [0.25, 0.3) is 10.2 Å². The molecule has 2 aromatic carbocycles. The first-order valence-electron chi connectivity index (χ1n) is 6.45. The van der Waals surface area contributed by atoms with Crippen LogP contribution in [0.3, 0.4) is 0 Å². The summed E-state index contributed by atoms with van der Waals surface area (Å²) < 4.78 is 13.9. The lowest BCUT2D eigenvalue weighted by Gasteiger charge is -2.07. The van der Waals surface area contributed by atoms with Crippen molar-refractivity contribution in [1.29, 1.82) is 0 Å². The zero-order valence-corrected chi connectivity index (χ0v) is 13.9. The molecular weight excluding hydrogens is 357 g/mol. The number of nitrogens with zero attached hydrogens (tertiary/aromatic N) is 1. The summed E-state index contributed by atoms with van der Waals surface area (Å²) in [7, 11) is 0. The van der Waals surface area contributed by atoms with E-state index in [1.54, 1.807) is 30.3 Å². The maximum Gasteiger partial charge on any atom is 0.257 e. The maximum absolute atomic E-state index is 13.2. The lowest BCUT2D eigenvalue weighted by atomic mass is 10.2. The van der Waals surface area contributed by atoms with Crippen molar-refractivity contribution in [2.75, 3.05) is 5.32 Å². The van der Waals surface area contributed by atoms with Crippen LogP contribution in [0.5, 0.6) is 0 Å². The third-order valence-corrected chi connectivity index (χ3v) is 4.26. The van der Waals surface area contributed by atoms with Crippen LogP contribution in [0.15, 0.2) is 42.5 Å². The molecule has 0 spiro atoms. The Morgan fingerprint density at radius 2 is 2.09 bits per heavy atom. The number of benzene rings is 2. The second-order valence-corrected chi connectivity index (χ2v) is 6.42. The molecule has 1 amide bonds. The first-order valence-corrected chi connectivity index (χ1v) is 8.05. The molecule has 0 saturated heterocycles. The summed E-state index contributed by atoms with van der Waals surface area (Å²) in [4.78, 5) is 16.3. The number of nitrogens with one attached hydrogen (secondary N) is 2. The van der Waals surface area contributed by atoms with Crippen LogP contribution < -0.4 is 10.6 Å². The van der Waals surface area contributed by atoms with Crippen molar-refractivity contribution in [2.24, 2.45) is 0 Å². The van der Waals surface area contributed by atoms with Gasteiger partial charge in [0.15, 0.2) is 10.2 Å².